The number of hydrogen-bond acceptors (Lipinski definition) is 4. The smallest absolute Gasteiger partial charge is 0.267 e. The minimum atomic E-state index is -0.376. The molecule has 0 saturated heterocycles. The zero-order valence-electron chi connectivity index (χ0n) is 8.97. The van der Waals surface area contributed by atoms with E-state index in [1.165, 1.54) is 21.3 Å². The monoisotopic (exact) mass is 352 g/mol. The molecule has 1 aromatic rings. The lowest BCUT2D eigenvalue weighted by Crippen LogP contribution is -2.07. The molecule has 0 aromatic heterocycles. The first kappa shape index (κ1) is 13.3. The fraction of sp³-hybridized carbons (Fsp3) is 0.300. The molecule has 0 unspecified atom stereocenters. The van der Waals surface area contributed by atoms with Gasteiger partial charge in [0.2, 0.25) is 5.75 Å². The molecule has 1 aromatic carbocycles. The van der Waals surface area contributed by atoms with Crippen molar-refractivity contribution >= 4 is 31.9 Å². The Bertz CT molecular complexity index is 460. The summed E-state index contributed by atoms with van der Waals surface area (Å²) in [6, 6.07) is 1.67. The van der Waals surface area contributed by atoms with Crippen molar-refractivity contribution in [2.45, 2.75) is 0 Å². The predicted molar refractivity (Wildman–Crippen MR) is 67.8 cm³/mol. The van der Waals surface area contributed by atoms with Crippen LogP contribution in [0.2, 0.25) is 0 Å². The van der Waals surface area contributed by atoms with Crippen molar-refractivity contribution in [1.29, 1.82) is 0 Å². The van der Waals surface area contributed by atoms with E-state index in [1.54, 1.807) is 6.07 Å². The van der Waals surface area contributed by atoms with Gasteiger partial charge in [-0.15, -0.1) is 0 Å². The molecule has 88 valence electrons. The summed E-state index contributed by atoms with van der Waals surface area (Å²) < 4.78 is 16.3. The molecule has 0 heterocycles. The van der Waals surface area contributed by atoms with Crippen LogP contribution in [0.25, 0.3) is 0 Å². The molecule has 0 spiro atoms. The summed E-state index contributed by atoms with van der Waals surface area (Å²) in [6.45, 7) is 0. The Morgan fingerprint density at radius 1 is 0.875 bits per heavy atom. The predicted octanol–water partition coefficient (Wildman–Crippen LogP) is 2.60. The van der Waals surface area contributed by atoms with Gasteiger partial charge in [-0.3, -0.25) is 4.79 Å². The molecule has 0 saturated carbocycles. The lowest BCUT2D eigenvalue weighted by atomic mass is 10.4. The van der Waals surface area contributed by atoms with Crippen LogP contribution in [-0.4, -0.2) is 21.3 Å². The molecule has 0 aliphatic carbocycles. The molecule has 0 radical (unpaired) electrons. The summed E-state index contributed by atoms with van der Waals surface area (Å²) in [5.74, 6) is 0.592. The second kappa shape index (κ2) is 5.54. The Morgan fingerprint density at radius 3 is 1.75 bits per heavy atom. The van der Waals surface area contributed by atoms with E-state index in [1.807, 2.05) is 0 Å². The van der Waals surface area contributed by atoms with Crippen molar-refractivity contribution in [1.82, 2.24) is 0 Å². The summed E-state index contributed by atoms with van der Waals surface area (Å²) in [6.07, 6.45) is 0. The fourth-order valence-electron chi connectivity index (χ4n) is 1.23. The number of hydrogen-bond donors (Lipinski definition) is 0. The van der Waals surface area contributed by atoms with Crippen LogP contribution in [0.5, 0.6) is 17.2 Å². The van der Waals surface area contributed by atoms with Gasteiger partial charge in [0, 0.05) is 0 Å². The Morgan fingerprint density at radius 2 is 1.31 bits per heavy atom. The zero-order valence-corrected chi connectivity index (χ0v) is 12.1. The van der Waals surface area contributed by atoms with Crippen molar-refractivity contribution in [3.05, 3.63) is 25.2 Å². The lowest BCUT2D eigenvalue weighted by Gasteiger charge is -2.04. The SMILES string of the molecule is COc1c(Br)cc(Br)c(OC)c(=O)c1OC. The first-order valence-corrected chi connectivity index (χ1v) is 5.83. The molecule has 16 heavy (non-hydrogen) atoms. The first-order valence-electron chi connectivity index (χ1n) is 4.25. The first-order chi connectivity index (χ1) is 7.56. The molecule has 4 nitrogen and oxygen atoms in total. The highest BCUT2D eigenvalue weighted by atomic mass is 79.9. The minimum absolute atomic E-state index is 0.0944. The Hall–Kier alpha value is -0.750. The van der Waals surface area contributed by atoms with Gasteiger partial charge in [-0.1, -0.05) is 0 Å². The molecule has 0 amide bonds. The highest BCUT2D eigenvalue weighted by molar-refractivity contribution is 9.11. The maximum Gasteiger partial charge on any atom is 0.267 e. The van der Waals surface area contributed by atoms with Gasteiger partial charge < -0.3 is 14.2 Å². The van der Waals surface area contributed by atoms with Crippen molar-refractivity contribution in [3.8, 4) is 17.2 Å². The normalized spacial score (nSPS) is 9.81. The minimum Gasteiger partial charge on any atom is -0.492 e. The van der Waals surface area contributed by atoms with Crippen LogP contribution in [0.15, 0.2) is 19.8 Å². The summed E-state index contributed by atoms with van der Waals surface area (Å²) in [5, 5.41) is 0. The molecular weight excluding hydrogens is 344 g/mol. The maximum absolute atomic E-state index is 12.0. The van der Waals surface area contributed by atoms with Crippen LogP contribution in [-0.2, 0) is 0 Å². The number of rotatable bonds is 3. The zero-order chi connectivity index (χ0) is 12.3. The van der Waals surface area contributed by atoms with Gasteiger partial charge in [-0.2, -0.15) is 0 Å². The highest BCUT2D eigenvalue weighted by Crippen LogP contribution is 2.36. The van der Waals surface area contributed by atoms with Gasteiger partial charge in [0.05, 0.1) is 30.3 Å². The van der Waals surface area contributed by atoms with Gasteiger partial charge in [-0.05, 0) is 37.9 Å². The molecule has 1 rings (SSSR count). The molecule has 6 heteroatoms. The van der Waals surface area contributed by atoms with Gasteiger partial charge >= 0.3 is 0 Å². The van der Waals surface area contributed by atoms with E-state index in [-0.39, 0.29) is 16.9 Å². The average molecular weight is 354 g/mol. The van der Waals surface area contributed by atoms with E-state index in [9.17, 15) is 4.79 Å². The van der Waals surface area contributed by atoms with E-state index in [2.05, 4.69) is 31.9 Å². The molecule has 0 bridgehead atoms. The Labute approximate surface area is 110 Å². The fourth-order valence-corrected chi connectivity index (χ4v) is 2.68. The third-order valence-electron chi connectivity index (χ3n) is 1.92. The van der Waals surface area contributed by atoms with Crippen LogP contribution in [0, 0.1) is 0 Å². The Balaban J connectivity index is 3.78. The van der Waals surface area contributed by atoms with E-state index in [4.69, 9.17) is 14.2 Å². The molecular formula is C10H10Br2O4. The van der Waals surface area contributed by atoms with Gasteiger partial charge in [0.25, 0.3) is 5.43 Å². The summed E-state index contributed by atoms with van der Waals surface area (Å²) in [4.78, 5) is 12.0. The molecule has 0 aliphatic heterocycles. The largest absolute Gasteiger partial charge is 0.492 e. The quantitative estimate of drug-likeness (QED) is 0.837. The summed E-state index contributed by atoms with van der Waals surface area (Å²) in [7, 11) is 4.28. The third-order valence-corrected chi connectivity index (χ3v) is 3.10. The van der Waals surface area contributed by atoms with E-state index >= 15 is 0 Å². The Kier molecular flexibility index (Phi) is 4.61. The lowest BCUT2D eigenvalue weighted by molar-refractivity contribution is 0.347. The summed E-state index contributed by atoms with van der Waals surface area (Å²) in [5.41, 5.74) is -0.376. The van der Waals surface area contributed by atoms with E-state index in [0.29, 0.717) is 14.7 Å². The molecule has 0 N–H and O–H groups in total. The van der Waals surface area contributed by atoms with Crippen LogP contribution in [0.4, 0.5) is 0 Å². The number of ether oxygens (including phenoxy) is 3. The van der Waals surface area contributed by atoms with E-state index in [0.717, 1.165) is 0 Å². The number of methoxy groups -OCH3 is 3. The standard InChI is InChI=1S/C10H10Br2O4/c1-14-8-5(11)4-6(12)9(15-2)10(16-3)7(8)13/h4H,1-3H3. The van der Waals surface area contributed by atoms with Crippen molar-refractivity contribution in [2.24, 2.45) is 0 Å². The second-order valence-electron chi connectivity index (χ2n) is 2.77. The van der Waals surface area contributed by atoms with Crippen LogP contribution in [0.3, 0.4) is 0 Å². The van der Waals surface area contributed by atoms with Gasteiger partial charge in [0.15, 0.2) is 11.5 Å². The topological polar surface area (TPSA) is 44.8 Å². The van der Waals surface area contributed by atoms with E-state index < -0.39 is 0 Å². The summed E-state index contributed by atoms with van der Waals surface area (Å²) >= 11 is 6.55. The van der Waals surface area contributed by atoms with Crippen molar-refractivity contribution < 1.29 is 14.2 Å². The molecule has 0 aliphatic rings. The second-order valence-corrected chi connectivity index (χ2v) is 4.48. The van der Waals surface area contributed by atoms with Gasteiger partial charge in [0.1, 0.15) is 0 Å². The van der Waals surface area contributed by atoms with Crippen LogP contribution >= 0.6 is 31.9 Å². The third kappa shape index (κ3) is 2.32. The van der Waals surface area contributed by atoms with Gasteiger partial charge in [-0.25, -0.2) is 0 Å². The molecule has 0 atom stereocenters. The van der Waals surface area contributed by atoms with Crippen LogP contribution < -0.4 is 19.6 Å². The van der Waals surface area contributed by atoms with Crippen molar-refractivity contribution in [3.63, 3.8) is 0 Å². The highest BCUT2D eigenvalue weighted by Gasteiger charge is 2.17. The number of halogens is 2. The molecule has 0 fully saturated rings. The van der Waals surface area contributed by atoms with Crippen molar-refractivity contribution in [2.75, 3.05) is 21.3 Å². The maximum atomic E-state index is 12.0. The average Bonchev–Trinajstić information content (AvgIpc) is 2.33. The van der Waals surface area contributed by atoms with Crippen LogP contribution in [0.1, 0.15) is 0 Å².